The van der Waals surface area contributed by atoms with Crippen molar-refractivity contribution in [2.24, 2.45) is 7.05 Å². The standard InChI is InChI=1S/C13H22N4O/c1-9-12(10(2)17(3)16-9)13(18)15-8-11-6-4-5-7-14-11/h11,14H,4-8H2,1-3H3,(H,15,18). The highest BCUT2D eigenvalue weighted by Crippen LogP contribution is 2.12. The van der Waals surface area contributed by atoms with Crippen LogP contribution in [0.1, 0.15) is 41.0 Å². The van der Waals surface area contributed by atoms with E-state index in [1.165, 1.54) is 12.8 Å². The molecule has 100 valence electrons. The molecule has 1 aromatic heterocycles. The highest BCUT2D eigenvalue weighted by molar-refractivity contribution is 5.96. The van der Waals surface area contributed by atoms with Gasteiger partial charge in [0.05, 0.1) is 11.3 Å². The summed E-state index contributed by atoms with van der Waals surface area (Å²) in [5.74, 6) is -0.00882. The summed E-state index contributed by atoms with van der Waals surface area (Å²) in [6.45, 7) is 5.56. The van der Waals surface area contributed by atoms with Crippen LogP contribution in [-0.4, -0.2) is 34.8 Å². The van der Waals surface area contributed by atoms with Gasteiger partial charge in [-0.2, -0.15) is 5.10 Å². The number of hydrogen-bond donors (Lipinski definition) is 2. The third kappa shape index (κ3) is 2.72. The van der Waals surface area contributed by atoms with Gasteiger partial charge in [0.2, 0.25) is 0 Å². The van der Waals surface area contributed by atoms with E-state index in [1.54, 1.807) is 4.68 Å². The van der Waals surface area contributed by atoms with E-state index >= 15 is 0 Å². The molecule has 5 heteroatoms. The molecule has 0 aromatic carbocycles. The molecule has 1 fully saturated rings. The third-order valence-corrected chi connectivity index (χ3v) is 3.66. The summed E-state index contributed by atoms with van der Waals surface area (Å²) < 4.78 is 1.75. The molecule has 0 spiro atoms. The number of hydrogen-bond acceptors (Lipinski definition) is 3. The van der Waals surface area contributed by atoms with Crippen LogP contribution in [0.5, 0.6) is 0 Å². The normalized spacial score (nSPS) is 19.8. The molecule has 18 heavy (non-hydrogen) atoms. The molecule has 1 amide bonds. The first-order chi connectivity index (χ1) is 8.59. The van der Waals surface area contributed by atoms with E-state index in [9.17, 15) is 4.79 Å². The van der Waals surface area contributed by atoms with Crippen molar-refractivity contribution in [3.05, 3.63) is 17.0 Å². The highest BCUT2D eigenvalue weighted by Gasteiger charge is 2.19. The third-order valence-electron chi connectivity index (χ3n) is 3.66. The zero-order chi connectivity index (χ0) is 13.1. The Balaban J connectivity index is 1.95. The number of nitrogens with one attached hydrogen (secondary N) is 2. The fourth-order valence-corrected chi connectivity index (χ4v) is 2.50. The number of rotatable bonds is 3. The van der Waals surface area contributed by atoms with Crippen molar-refractivity contribution in [3.63, 3.8) is 0 Å². The van der Waals surface area contributed by atoms with E-state index in [0.717, 1.165) is 24.4 Å². The molecule has 2 N–H and O–H groups in total. The minimum atomic E-state index is -0.00882. The zero-order valence-corrected chi connectivity index (χ0v) is 11.4. The lowest BCUT2D eigenvalue weighted by Gasteiger charge is -2.23. The second-order valence-electron chi connectivity index (χ2n) is 5.03. The Bertz CT molecular complexity index is 432. The van der Waals surface area contributed by atoms with Gasteiger partial charge in [0.15, 0.2) is 0 Å². The maximum absolute atomic E-state index is 12.2. The van der Waals surface area contributed by atoms with E-state index in [0.29, 0.717) is 18.2 Å². The Hall–Kier alpha value is -1.36. The quantitative estimate of drug-likeness (QED) is 0.838. The van der Waals surface area contributed by atoms with Crippen LogP contribution in [-0.2, 0) is 7.05 Å². The molecular formula is C13H22N4O. The molecule has 0 saturated carbocycles. The van der Waals surface area contributed by atoms with Gasteiger partial charge in [-0.1, -0.05) is 6.42 Å². The summed E-state index contributed by atoms with van der Waals surface area (Å²) in [7, 11) is 1.86. The molecule has 1 aromatic rings. The number of nitrogens with zero attached hydrogens (tertiary/aromatic N) is 2. The molecule has 0 aliphatic carbocycles. The fourth-order valence-electron chi connectivity index (χ4n) is 2.50. The summed E-state index contributed by atoms with van der Waals surface area (Å²) in [5.41, 5.74) is 2.43. The molecule has 1 saturated heterocycles. The van der Waals surface area contributed by atoms with Gasteiger partial charge in [0.1, 0.15) is 0 Å². The summed E-state index contributed by atoms with van der Waals surface area (Å²) in [6, 6.07) is 0.417. The number of piperidine rings is 1. The minimum absolute atomic E-state index is 0.00882. The SMILES string of the molecule is Cc1nn(C)c(C)c1C(=O)NCC1CCCCN1. The first kappa shape index (κ1) is 13.1. The van der Waals surface area contributed by atoms with E-state index in [-0.39, 0.29) is 5.91 Å². The van der Waals surface area contributed by atoms with Crippen molar-refractivity contribution in [1.29, 1.82) is 0 Å². The number of aryl methyl sites for hydroxylation is 2. The Kier molecular flexibility index (Phi) is 4.01. The van der Waals surface area contributed by atoms with E-state index in [4.69, 9.17) is 0 Å². The molecule has 5 nitrogen and oxygen atoms in total. The first-order valence-corrected chi connectivity index (χ1v) is 6.61. The Morgan fingerprint density at radius 1 is 1.50 bits per heavy atom. The molecule has 1 unspecified atom stereocenters. The largest absolute Gasteiger partial charge is 0.350 e. The van der Waals surface area contributed by atoms with Crippen LogP contribution in [0.15, 0.2) is 0 Å². The number of amides is 1. The van der Waals surface area contributed by atoms with E-state index in [2.05, 4.69) is 15.7 Å². The van der Waals surface area contributed by atoms with Crippen LogP contribution < -0.4 is 10.6 Å². The van der Waals surface area contributed by atoms with Gasteiger partial charge in [0, 0.05) is 25.3 Å². The summed E-state index contributed by atoms with van der Waals surface area (Å²) in [4.78, 5) is 12.2. The Morgan fingerprint density at radius 2 is 2.28 bits per heavy atom. The fraction of sp³-hybridized carbons (Fsp3) is 0.692. The minimum Gasteiger partial charge on any atom is -0.350 e. The zero-order valence-electron chi connectivity index (χ0n) is 11.4. The number of carbonyl (C=O) groups is 1. The molecule has 2 rings (SSSR count). The van der Waals surface area contributed by atoms with E-state index < -0.39 is 0 Å². The van der Waals surface area contributed by atoms with Crippen molar-refractivity contribution in [3.8, 4) is 0 Å². The van der Waals surface area contributed by atoms with Gasteiger partial charge < -0.3 is 10.6 Å². The second kappa shape index (κ2) is 5.52. The lowest BCUT2D eigenvalue weighted by atomic mass is 10.0. The van der Waals surface area contributed by atoms with Crippen LogP contribution in [0, 0.1) is 13.8 Å². The van der Waals surface area contributed by atoms with Gasteiger partial charge in [-0.25, -0.2) is 0 Å². The Morgan fingerprint density at radius 3 is 2.83 bits per heavy atom. The molecule has 2 heterocycles. The van der Waals surface area contributed by atoms with E-state index in [1.807, 2.05) is 20.9 Å². The molecule has 1 aliphatic rings. The van der Waals surface area contributed by atoms with Gasteiger partial charge in [-0.05, 0) is 33.2 Å². The van der Waals surface area contributed by atoms with Crippen LogP contribution in [0.2, 0.25) is 0 Å². The van der Waals surface area contributed by atoms with Crippen molar-refractivity contribution in [2.75, 3.05) is 13.1 Å². The summed E-state index contributed by atoms with van der Waals surface area (Å²) in [5, 5.41) is 10.7. The van der Waals surface area contributed by atoms with Gasteiger partial charge in [0.25, 0.3) is 5.91 Å². The van der Waals surface area contributed by atoms with Gasteiger partial charge in [-0.3, -0.25) is 9.48 Å². The maximum atomic E-state index is 12.2. The number of carbonyl (C=O) groups excluding carboxylic acids is 1. The van der Waals surface area contributed by atoms with Crippen molar-refractivity contribution < 1.29 is 4.79 Å². The molecule has 1 atom stereocenters. The van der Waals surface area contributed by atoms with Crippen LogP contribution >= 0.6 is 0 Å². The van der Waals surface area contributed by atoms with Gasteiger partial charge in [-0.15, -0.1) is 0 Å². The smallest absolute Gasteiger partial charge is 0.255 e. The van der Waals surface area contributed by atoms with Gasteiger partial charge >= 0.3 is 0 Å². The average Bonchev–Trinajstić information content (AvgIpc) is 2.62. The second-order valence-corrected chi connectivity index (χ2v) is 5.03. The topological polar surface area (TPSA) is 59.0 Å². The average molecular weight is 250 g/mol. The highest BCUT2D eigenvalue weighted by atomic mass is 16.1. The van der Waals surface area contributed by atoms with Crippen molar-refractivity contribution in [1.82, 2.24) is 20.4 Å². The molecular weight excluding hydrogens is 228 g/mol. The maximum Gasteiger partial charge on any atom is 0.255 e. The van der Waals surface area contributed by atoms with Crippen LogP contribution in [0.25, 0.3) is 0 Å². The van der Waals surface area contributed by atoms with Crippen molar-refractivity contribution >= 4 is 5.91 Å². The van der Waals surface area contributed by atoms with Crippen molar-refractivity contribution in [2.45, 2.75) is 39.2 Å². The van der Waals surface area contributed by atoms with Crippen LogP contribution in [0.4, 0.5) is 0 Å². The molecule has 0 bridgehead atoms. The molecule has 1 aliphatic heterocycles. The monoisotopic (exact) mass is 250 g/mol. The lowest BCUT2D eigenvalue weighted by Crippen LogP contribution is -2.43. The summed E-state index contributed by atoms with van der Waals surface area (Å²) in [6.07, 6.45) is 3.63. The predicted molar refractivity (Wildman–Crippen MR) is 70.7 cm³/mol. The lowest BCUT2D eigenvalue weighted by molar-refractivity contribution is 0.0946. The summed E-state index contributed by atoms with van der Waals surface area (Å²) >= 11 is 0. The first-order valence-electron chi connectivity index (χ1n) is 6.61. The van der Waals surface area contributed by atoms with Crippen LogP contribution in [0.3, 0.4) is 0 Å². The number of aromatic nitrogens is 2. The molecule has 0 radical (unpaired) electrons. The predicted octanol–water partition coefficient (Wildman–Crippen LogP) is 0.909. The Labute approximate surface area is 108 Å².